The van der Waals surface area contributed by atoms with Crippen molar-refractivity contribution in [1.82, 2.24) is 4.90 Å². The molecule has 0 aromatic heterocycles. The summed E-state index contributed by atoms with van der Waals surface area (Å²) in [6.07, 6.45) is -5.09. The topological polar surface area (TPSA) is 59.0 Å². The number of hydrogen-bond donors (Lipinski definition) is 1. The van der Waals surface area contributed by atoms with Crippen LogP contribution in [-0.4, -0.2) is 40.9 Å². The summed E-state index contributed by atoms with van der Waals surface area (Å²) in [7, 11) is 0. The van der Waals surface area contributed by atoms with Crippen molar-refractivity contribution in [2.45, 2.75) is 57.6 Å². The number of halogens is 3. The number of alkyl halides is 3. The van der Waals surface area contributed by atoms with E-state index >= 15 is 0 Å². The van der Waals surface area contributed by atoms with E-state index < -0.39 is 35.6 Å². The molecule has 2 aromatic carbocycles. The van der Waals surface area contributed by atoms with Crippen LogP contribution in [0.5, 0.6) is 5.75 Å². The minimum absolute atomic E-state index is 0.150. The highest BCUT2D eigenvalue weighted by Gasteiger charge is 2.35. The average molecular weight is 466 g/mol. The largest absolute Gasteiger partial charge is 0.486 e. The van der Waals surface area contributed by atoms with Crippen molar-refractivity contribution in [3.8, 4) is 5.75 Å². The number of amides is 1. The van der Waals surface area contributed by atoms with Crippen LogP contribution in [0.15, 0.2) is 54.6 Å². The van der Waals surface area contributed by atoms with E-state index in [1.807, 2.05) is 30.3 Å². The molecule has 1 N–H and O–H groups in total. The molecule has 0 spiro atoms. The van der Waals surface area contributed by atoms with Crippen LogP contribution in [-0.2, 0) is 10.9 Å². The Bertz CT molecular complexity index is 910. The number of ether oxygens (including phenoxy) is 2. The van der Waals surface area contributed by atoms with Crippen LogP contribution in [0, 0.1) is 5.92 Å². The van der Waals surface area contributed by atoms with Gasteiger partial charge in [-0.2, -0.15) is 13.2 Å². The summed E-state index contributed by atoms with van der Waals surface area (Å²) in [5.74, 6) is 0.167. The van der Waals surface area contributed by atoms with Crippen LogP contribution in [0.1, 0.15) is 50.8 Å². The summed E-state index contributed by atoms with van der Waals surface area (Å²) >= 11 is 0. The normalized spacial score (nSPS) is 20.3. The van der Waals surface area contributed by atoms with Crippen LogP contribution >= 0.6 is 0 Å². The second-order valence-corrected chi connectivity index (χ2v) is 9.32. The molecule has 3 unspecified atom stereocenters. The summed E-state index contributed by atoms with van der Waals surface area (Å²) in [6, 6.07) is 14.0. The zero-order chi connectivity index (χ0) is 24.2. The number of β-amino-alcohol motifs (C(OH)–C–C–N with tert-alkyl or cyclic N) is 1. The fourth-order valence-corrected chi connectivity index (χ4v) is 3.83. The summed E-state index contributed by atoms with van der Waals surface area (Å²) < 4.78 is 50.1. The van der Waals surface area contributed by atoms with Crippen molar-refractivity contribution in [1.29, 1.82) is 0 Å². The van der Waals surface area contributed by atoms with Crippen LogP contribution in [0.3, 0.4) is 0 Å². The molecule has 8 heteroatoms. The molecule has 1 aliphatic rings. The highest BCUT2D eigenvalue weighted by molar-refractivity contribution is 5.68. The van der Waals surface area contributed by atoms with Crippen molar-refractivity contribution in [2.24, 2.45) is 5.92 Å². The van der Waals surface area contributed by atoms with E-state index in [1.165, 1.54) is 17.0 Å². The summed E-state index contributed by atoms with van der Waals surface area (Å²) in [4.78, 5) is 13.8. The molecule has 33 heavy (non-hydrogen) atoms. The molecule has 0 radical (unpaired) electrons. The molecule has 180 valence electrons. The van der Waals surface area contributed by atoms with E-state index in [4.69, 9.17) is 9.47 Å². The van der Waals surface area contributed by atoms with Gasteiger partial charge >= 0.3 is 12.3 Å². The van der Waals surface area contributed by atoms with E-state index in [9.17, 15) is 23.1 Å². The van der Waals surface area contributed by atoms with Gasteiger partial charge < -0.3 is 19.5 Å². The van der Waals surface area contributed by atoms with Gasteiger partial charge in [0, 0.05) is 6.54 Å². The van der Waals surface area contributed by atoms with Gasteiger partial charge in [-0.15, -0.1) is 0 Å². The molecule has 1 saturated heterocycles. The van der Waals surface area contributed by atoms with Crippen molar-refractivity contribution in [3.63, 3.8) is 0 Å². The van der Waals surface area contributed by atoms with E-state index in [2.05, 4.69) is 0 Å². The van der Waals surface area contributed by atoms with Gasteiger partial charge in [0.2, 0.25) is 0 Å². The lowest BCUT2D eigenvalue weighted by Crippen LogP contribution is -2.48. The maximum atomic E-state index is 12.9. The molecule has 1 heterocycles. The average Bonchev–Trinajstić information content (AvgIpc) is 2.73. The molecule has 2 aromatic rings. The third kappa shape index (κ3) is 7.12. The van der Waals surface area contributed by atoms with Gasteiger partial charge in [-0.05, 0) is 69.4 Å². The van der Waals surface area contributed by atoms with E-state index in [0.29, 0.717) is 25.1 Å². The van der Waals surface area contributed by atoms with Gasteiger partial charge in [-0.25, -0.2) is 4.79 Å². The molecular weight excluding hydrogens is 435 g/mol. The van der Waals surface area contributed by atoms with Crippen LogP contribution in [0.2, 0.25) is 0 Å². The molecule has 0 bridgehead atoms. The number of piperidine rings is 1. The molecule has 1 fully saturated rings. The number of aliphatic hydroxyl groups excluding tert-OH is 1. The van der Waals surface area contributed by atoms with Gasteiger partial charge in [0.1, 0.15) is 17.5 Å². The predicted octanol–water partition coefficient (Wildman–Crippen LogP) is 5.83. The van der Waals surface area contributed by atoms with E-state index in [0.717, 1.165) is 17.7 Å². The number of nitrogens with zero attached hydrogens (tertiary/aromatic N) is 1. The molecule has 1 aliphatic heterocycles. The van der Waals surface area contributed by atoms with Crippen molar-refractivity contribution in [3.05, 3.63) is 65.7 Å². The Balaban J connectivity index is 1.70. The van der Waals surface area contributed by atoms with Crippen LogP contribution < -0.4 is 4.74 Å². The first-order valence-electron chi connectivity index (χ1n) is 11.0. The highest BCUT2D eigenvalue weighted by Crippen LogP contribution is 2.35. The number of benzene rings is 2. The minimum atomic E-state index is -4.41. The zero-order valence-electron chi connectivity index (χ0n) is 19.0. The van der Waals surface area contributed by atoms with Gasteiger partial charge in [-0.3, -0.25) is 0 Å². The predicted molar refractivity (Wildman–Crippen MR) is 118 cm³/mol. The summed E-state index contributed by atoms with van der Waals surface area (Å²) in [6.45, 7) is 5.96. The number of carbonyl (C=O) groups is 1. The highest BCUT2D eigenvalue weighted by atomic mass is 19.4. The second-order valence-electron chi connectivity index (χ2n) is 9.32. The lowest BCUT2D eigenvalue weighted by molar-refractivity contribution is -0.137. The van der Waals surface area contributed by atoms with Crippen molar-refractivity contribution >= 4 is 6.09 Å². The molecule has 0 saturated carbocycles. The monoisotopic (exact) mass is 465 g/mol. The lowest BCUT2D eigenvalue weighted by Gasteiger charge is -2.38. The van der Waals surface area contributed by atoms with Crippen molar-refractivity contribution < 1.29 is 32.5 Å². The number of likely N-dealkylation sites (tertiary alicyclic amines) is 1. The Hall–Kier alpha value is -2.74. The summed E-state index contributed by atoms with van der Waals surface area (Å²) in [5.41, 5.74) is -0.498. The Labute approximate surface area is 192 Å². The minimum Gasteiger partial charge on any atom is -0.486 e. The molecule has 5 nitrogen and oxygen atoms in total. The van der Waals surface area contributed by atoms with Gasteiger partial charge in [0.25, 0.3) is 0 Å². The molecule has 1 amide bonds. The van der Waals surface area contributed by atoms with Gasteiger partial charge in [-0.1, -0.05) is 30.3 Å². The SMILES string of the molecule is CC(C)(C)OC(=O)N1CCC(CC(Oc2ccc(C(F)(F)F)cc2)c2ccccc2)C(O)C1. The number of aliphatic hydroxyl groups is 1. The molecule has 0 aliphatic carbocycles. The first-order valence-corrected chi connectivity index (χ1v) is 11.0. The smallest absolute Gasteiger partial charge is 0.416 e. The zero-order valence-corrected chi connectivity index (χ0v) is 19.0. The summed E-state index contributed by atoms with van der Waals surface area (Å²) in [5, 5.41) is 10.7. The van der Waals surface area contributed by atoms with Gasteiger partial charge in [0.15, 0.2) is 0 Å². The molecule has 3 atom stereocenters. The molecule has 3 rings (SSSR count). The lowest BCUT2D eigenvalue weighted by atomic mass is 9.87. The third-order valence-electron chi connectivity index (χ3n) is 5.52. The van der Waals surface area contributed by atoms with Crippen LogP contribution in [0.25, 0.3) is 0 Å². The number of hydrogen-bond acceptors (Lipinski definition) is 4. The molecular formula is C25H30F3NO4. The van der Waals surface area contributed by atoms with Crippen molar-refractivity contribution in [2.75, 3.05) is 13.1 Å². The fraction of sp³-hybridized carbons (Fsp3) is 0.480. The van der Waals surface area contributed by atoms with Crippen LogP contribution in [0.4, 0.5) is 18.0 Å². The number of carbonyl (C=O) groups excluding carboxylic acids is 1. The second kappa shape index (κ2) is 10.0. The standard InChI is InChI=1S/C25H30F3NO4/c1-24(2,3)33-23(31)29-14-13-18(21(30)16-29)15-22(17-7-5-4-6-8-17)32-20-11-9-19(10-12-20)25(26,27)28/h4-12,18,21-22,30H,13-16H2,1-3H3. The Morgan fingerprint density at radius 3 is 2.27 bits per heavy atom. The fourth-order valence-electron chi connectivity index (χ4n) is 3.83. The quantitative estimate of drug-likeness (QED) is 0.603. The number of rotatable bonds is 5. The van der Waals surface area contributed by atoms with Gasteiger partial charge in [0.05, 0.1) is 18.2 Å². The third-order valence-corrected chi connectivity index (χ3v) is 5.52. The Morgan fingerprint density at radius 1 is 1.09 bits per heavy atom. The Kier molecular flexibility index (Phi) is 7.57. The maximum absolute atomic E-state index is 12.9. The Morgan fingerprint density at radius 2 is 1.73 bits per heavy atom. The first kappa shape index (κ1) is 24.9. The van der Waals surface area contributed by atoms with E-state index in [1.54, 1.807) is 20.8 Å². The first-order chi connectivity index (χ1) is 15.4. The maximum Gasteiger partial charge on any atom is 0.416 e. The van der Waals surface area contributed by atoms with E-state index in [-0.39, 0.29) is 12.5 Å².